The number of aryl methyl sites for hydroxylation is 2. The highest BCUT2D eigenvalue weighted by Crippen LogP contribution is 2.36. The molecule has 2 aromatic heterocycles. The van der Waals surface area contributed by atoms with Crippen LogP contribution in [0, 0.1) is 13.8 Å². The molecule has 1 atom stereocenters. The van der Waals surface area contributed by atoms with Crippen molar-refractivity contribution in [2.24, 2.45) is 7.05 Å². The van der Waals surface area contributed by atoms with Crippen LogP contribution < -0.4 is 14.2 Å². The van der Waals surface area contributed by atoms with Crippen LogP contribution in [0.2, 0.25) is 0 Å². The first-order valence-electron chi connectivity index (χ1n) is 11.1. The van der Waals surface area contributed by atoms with Crippen LogP contribution in [0.4, 0.5) is 0 Å². The van der Waals surface area contributed by atoms with E-state index in [-0.39, 0.29) is 17.4 Å². The van der Waals surface area contributed by atoms with Crippen LogP contribution in [0.25, 0.3) is 10.9 Å². The number of H-pyrrole nitrogens is 1. The number of methoxy groups -OCH3 is 1. The smallest absolute Gasteiger partial charge is 0.244 e. The van der Waals surface area contributed by atoms with Gasteiger partial charge < -0.3 is 14.5 Å². The van der Waals surface area contributed by atoms with Gasteiger partial charge in [-0.15, -0.1) is 0 Å². The molecule has 2 N–H and O–H groups in total. The Balaban J connectivity index is 1.76. The molecule has 2 aromatic carbocycles. The minimum atomic E-state index is -3.78. The highest BCUT2D eigenvalue weighted by molar-refractivity contribution is 7.89. The zero-order chi connectivity index (χ0) is 24.5. The van der Waals surface area contributed by atoms with Crippen LogP contribution in [-0.4, -0.2) is 43.4 Å². The molecule has 0 amide bonds. The van der Waals surface area contributed by atoms with Gasteiger partial charge in [0.1, 0.15) is 4.90 Å². The predicted octanol–water partition coefficient (Wildman–Crippen LogP) is 4.04. The summed E-state index contributed by atoms with van der Waals surface area (Å²) < 4.78 is 42.2. The fourth-order valence-corrected chi connectivity index (χ4v) is 5.85. The summed E-state index contributed by atoms with van der Waals surface area (Å²) in [5.41, 5.74) is 3.95. The van der Waals surface area contributed by atoms with Crippen molar-refractivity contribution in [1.29, 1.82) is 0 Å². The first-order valence-corrected chi connectivity index (χ1v) is 12.6. The highest BCUT2D eigenvalue weighted by Gasteiger charge is 2.27. The number of hydrogen-bond donors (Lipinski definition) is 2. The maximum atomic E-state index is 13.3. The second-order valence-electron chi connectivity index (χ2n) is 8.16. The van der Waals surface area contributed by atoms with Crippen LogP contribution in [0.1, 0.15) is 35.4 Å². The lowest BCUT2D eigenvalue weighted by molar-refractivity contribution is 0.310. The van der Waals surface area contributed by atoms with Gasteiger partial charge in [0.2, 0.25) is 10.0 Å². The Morgan fingerprint density at radius 1 is 1.15 bits per heavy atom. The summed E-state index contributed by atoms with van der Waals surface area (Å²) in [6.07, 6.45) is 1.94. The van der Waals surface area contributed by atoms with E-state index in [4.69, 9.17) is 9.47 Å². The second-order valence-corrected chi connectivity index (χ2v) is 9.86. The number of nitrogens with zero attached hydrogens (tertiary/aromatic N) is 2. The summed E-state index contributed by atoms with van der Waals surface area (Å²) in [5.74, 6) is 0.979. The van der Waals surface area contributed by atoms with Crippen molar-refractivity contribution < 1.29 is 17.9 Å². The Morgan fingerprint density at radius 2 is 1.91 bits per heavy atom. The van der Waals surface area contributed by atoms with Crippen molar-refractivity contribution in [3.8, 4) is 11.5 Å². The van der Waals surface area contributed by atoms with Crippen molar-refractivity contribution in [2.75, 3.05) is 20.3 Å². The van der Waals surface area contributed by atoms with Gasteiger partial charge in [-0.2, -0.15) is 5.10 Å². The molecule has 0 saturated heterocycles. The molecule has 1 unspecified atom stereocenters. The number of ether oxygens (including phenoxy) is 2. The number of sulfonamides is 1. The number of hydrogen-bond acceptors (Lipinski definition) is 5. The molecule has 8 nitrogen and oxygen atoms in total. The fourth-order valence-electron chi connectivity index (χ4n) is 4.37. The lowest BCUT2D eigenvalue weighted by atomic mass is 9.91. The predicted molar refractivity (Wildman–Crippen MR) is 132 cm³/mol. The van der Waals surface area contributed by atoms with Crippen molar-refractivity contribution >= 4 is 20.9 Å². The monoisotopic (exact) mass is 482 g/mol. The van der Waals surface area contributed by atoms with E-state index in [1.807, 2.05) is 55.6 Å². The van der Waals surface area contributed by atoms with E-state index in [9.17, 15) is 8.42 Å². The van der Waals surface area contributed by atoms with E-state index in [0.29, 0.717) is 29.5 Å². The number of para-hydroxylation sites is 1. The second kappa shape index (κ2) is 9.52. The zero-order valence-electron chi connectivity index (χ0n) is 20.0. The Hall–Kier alpha value is -3.30. The van der Waals surface area contributed by atoms with Crippen molar-refractivity contribution in [2.45, 2.75) is 31.6 Å². The molecule has 4 rings (SSSR count). The topological polar surface area (TPSA) is 98.2 Å². The van der Waals surface area contributed by atoms with Crippen molar-refractivity contribution in [3.05, 3.63) is 71.2 Å². The average molecular weight is 483 g/mol. The standard InChI is InChI=1S/C25H30N4O4S/c1-6-33-23-12-11-18(13-24(23)32-5)20(21-14-26-22-10-8-7-9-19(21)22)15-27-34(30,31)25-16(2)28-29(4)17(25)3/h7-14,20,26-27H,6,15H2,1-5H3. The molecule has 4 aromatic rings. The maximum absolute atomic E-state index is 13.3. The van der Waals surface area contributed by atoms with Gasteiger partial charge in [0.25, 0.3) is 0 Å². The quantitative estimate of drug-likeness (QED) is 0.375. The van der Waals surface area contributed by atoms with Gasteiger partial charge in [-0.25, -0.2) is 13.1 Å². The molecule has 0 aliphatic carbocycles. The molecule has 0 bridgehead atoms. The molecule has 0 aliphatic heterocycles. The van der Waals surface area contributed by atoms with E-state index < -0.39 is 10.0 Å². The van der Waals surface area contributed by atoms with Crippen LogP contribution >= 0.6 is 0 Å². The minimum Gasteiger partial charge on any atom is -0.493 e. The lowest BCUT2D eigenvalue weighted by Crippen LogP contribution is -2.29. The summed E-state index contributed by atoms with van der Waals surface area (Å²) in [7, 11) is -0.446. The number of rotatable bonds is 9. The van der Waals surface area contributed by atoms with E-state index in [1.165, 1.54) is 0 Å². The van der Waals surface area contributed by atoms with Gasteiger partial charge in [-0.05, 0) is 50.1 Å². The van der Waals surface area contributed by atoms with E-state index in [0.717, 1.165) is 22.0 Å². The molecule has 9 heteroatoms. The molecule has 180 valence electrons. The normalized spacial score (nSPS) is 12.7. The minimum absolute atomic E-state index is 0.162. The number of fused-ring (bicyclic) bond motifs is 1. The maximum Gasteiger partial charge on any atom is 0.244 e. The molecule has 2 heterocycles. The van der Waals surface area contributed by atoms with Gasteiger partial charge in [0.15, 0.2) is 11.5 Å². The molecule has 0 radical (unpaired) electrons. The van der Waals surface area contributed by atoms with Gasteiger partial charge in [0.05, 0.1) is 25.1 Å². The molecule has 0 aliphatic rings. The zero-order valence-corrected chi connectivity index (χ0v) is 20.9. The molecule has 34 heavy (non-hydrogen) atoms. The summed E-state index contributed by atoms with van der Waals surface area (Å²) in [5, 5.41) is 5.30. The van der Waals surface area contributed by atoms with Crippen molar-refractivity contribution in [1.82, 2.24) is 19.5 Å². The summed E-state index contributed by atoms with van der Waals surface area (Å²) in [6, 6.07) is 13.7. The highest BCUT2D eigenvalue weighted by atomic mass is 32.2. The van der Waals surface area contributed by atoms with Gasteiger partial charge in [0, 0.05) is 36.6 Å². The number of aromatic amines is 1. The van der Waals surface area contributed by atoms with Gasteiger partial charge in [-0.3, -0.25) is 4.68 Å². The summed E-state index contributed by atoms with van der Waals surface area (Å²) in [6.45, 7) is 6.05. The van der Waals surface area contributed by atoms with Crippen LogP contribution in [0.15, 0.2) is 53.6 Å². The average Bonchev–Trinajstić information content (AvgIpc) is 3.35. The van der Waals surface area contributed by atoms with Crippen LogP contribution in [-0.2, 0) is 17.1 Å². The van der Waals surface area contributed by atoms with Crippen molar-refractivity contribution in [3.63, 3.8) is 0 Å². The molecular weight excluding hydrogens is 452 g/mol. The Kier molecular flexibility index (Phi) is 6.67. The molecule has 0 saturated carbocycles. The Bertz CT molecular complexity index is 1420. The first kappa shape index (κ1) is 23.8. The van der Waals surface area contributed by atoms with Gasteiger partial charge >= 0.3 is 0 Å². The third-order valence-electron chi connectivity index (χ3n) is 6.08. The van der Waals surface area contributed by atoms with E-state index in [2.05, 4.69) is 14.8 Å². The summed E-state index contributed by atoms with van der Waals surface area (Å²) in [4.78, 5) is 3.52. The molecule has 0 fully saturated rings. The summed E-state index contributed by atoms with van der Waals surface area (Å²) >= 11 is 0. The van der Waals surface area contributed by atoms with Gasteiger partial charge in [-0.1, -0.05) is 24.3 Å². The third-order valence-corrected chi connectivity index (χ3v) is 7.75. The number of nitrogens with one attached hydrogen (secondary N) is 2. The van der Waals surface area contributed by atoms with E-state index in [1.54, 1.807) is 32.7 Å². The van der Waals surface area contributed by atoms with E-state index >= 15 is 0 Å². The fraction of sp³-hybridized carbons (Fsp3) is 0.320. The number of aromatic nitrogens is 3. The molecular formula is C25H30N4O4S. The van der Waals surface area contributed by atoms with Crippen LogP contribution in [0.5, 0.6) is 11.5 Å². The number of benzene rings is 2. The first-order chi connectivity index (χ1) is 16.3. The SMILES string of the molecule is CCOc1ccc(C(CNS(=O)(=O)c2c(C)nn(C)c2C)c2c[nH]c3ccccc23)cc1OC. The molecule has 0 spiro atoms. The third kappa shape index (κ3) is 4.41. The lowest BCUT2D eigenvalue weighted by Gasteiger charge is -2.20. The largest absolute Gasteiger partial charge is 0.493 e. The Morgan fingerprint density at radius 3 is 2.59 bits per heavy atom. The Labute approximate surface area is 200 Å². The van der Waals surface area contributed by atoms with Crippen LogP contribution in [0.3, 0.4) is 0 Å².